The molecule has 3 aromatic carbocycles. The van der Waals surface area contributed by atoms with Gasteiger partial charge in [0.15, 0.2) is 0 Å². The number of hydrazone groups is 1. The van der Waals surface area contributed by atoms with Gasteiger partial charge in [0.25, 0.3) is 15.7 Å². The Morgan fingerprint density at radius 1 is 1.07 bits per heavy atom. The van der Waals surface area contributed by atoms with Crippen LogP contribution in [0.3, 0.4) is 0 Å². The van der Waals surface area contributed by atoms with Crippen molar-refractivity contribution in [2.24, 2.45) is 5.10 Å². The van der Waals surface area contributed by atoms with E-state index >= 15 is 0 Å². The number of sulfonamides is 1. The fourth-order valence-corrected chi connectivity index (χ4v) is 3.70. The zero-order valence-corrected chi connectivity index (χ0v) is 16.7. The second kappa shape index (κ2) is 8.89. The Morgan fingerprint density at radius 3 is 2.53 bits per heavy atom. The van der Waals surface area contributed by atoms with E-state index in [9.17, 15) is 22.9 Å². The number of benzene rings is 3. The minimum absolute atomic E-state index is 0.0608. The summed E-state index contributed by atoms with van der Waals surface area (Å²) in [5, 5.41) is 15.5. The Balaban J connectivity index is 1.86. The van der Waals surface area contributed by atoms with Crippen molar-refractivity contribution in [3.8, 4) is 0 Å². The monoisotopic (exact) mass is 448 g/mol. The van der Waals surface area contributed by atoms with Gasteiger partial charge in [-0.2, -0.15) is 5.10 Å². The van der Waals surface area contributed by atoms with Crippen molar-refractivity contribution < 1.29 is 17.7 Å². The lowest BCUT2D eigenvalue weighted by atomic mass is 10.2. The van der Waals surface area contributed by atoms with E-state index in [1.807, 2.05) is 0 Å². The zero-order valence-electron chi connectivity index (χ0n) is 15.1. The molecule has 0 radical (unpaired) electrons. The molecule has 3 rings (SSSR count). The third kappa shape index (κ3) is 5.10. The van der Waals surface area contributed by atoms with Crippen LogP contribution in [0.5, 0.6) is 0 Å². The molecule has 0 spiro atoms. The van der Waals surface area contributed by atoms with Gasteiger partial charge in [0.05, 0.1) is 21.7 Å². The number of hydrogen-bond acceptors (Lipinski definition) is 6. The summed E-state index contributed by atoms with van der Waals surface area (Å²) in [6.07, 6.45) is 1.16. The first-order valence-corrected chi connectivity index (χ1v) is 10.2. The van der Waals surface area contributed by atoms with E-state index in [2.05, 4.69) is 15.2 Å². The molecule has 0 fully saturated rings. The fourth-order valence-electron chi connectivity index (χ4n) is 2.44. The summed E-state index contributed by atoms with van der Waals surface area (Å²) in [7, 11) is -4.10. The lowest BCUT2D eigenvalue weighted by molar-refractivity contribution is -0.384. The number of anilines is 2. The number of nitro benzene ring substituents is 1. The highest BCUT2D eigenvalue weighted by atomic mass is 35.5. The van der Waals surface area contributed by atoms with Gasteiger partial charge in [-0.25, -0.2) is 12.8 Å². The molecule has 0 aromatic heterocycles. The van der Waals surface area contributed by atoms with E-state index in [0.717, 1.165) is 12.3 Å². The molecule has 0 unspecified atom stereocenters. The van der Waals surface area contributed by atoms with Crippen molar-refractivity contribution in [3.63, 3.8) is 0 Å². The van der Waals surface area contributed by atoms with Crippen LogP contribution < -0.4 is 10.1 Å². The first-order chi connectivity index (χ1) is 14.3. The molecule has 0 aliphatic rings. The van der Waals surface area contributed by atoms with Gasteiger partial charge in [-0.15, -0.1) is 0 Å². The first-order valence-electron chi connectivity index (χ1n) is 8.37. The predicted octanol–water partition coefficient (Wildman–Crippen LogP) is 4.63. The van der Waals surface area contributed by atoms with E-state index in [-0.39, 0.29) is 21.8 Å². The highest BCUT2D eigenvalue weighted by Gasteiger charge is 2.21. The number of halogens is 2. The summed E-state index contributed by atoms with van der Waals surface area (Å²) in [6.45, 7) is 0. The van der Waals surface area contributed by atoms with Crippen molar-refractivity contribution in [3.05, 3.63) is 93.2 Å². The van der Waals surface area contributed by atoms with Gasteiger partial charge in [0, 0.05) is 16.7 Å². The smallest absolute Gasteiger partial charge is 0.280 e. The van der Waals surface area contributed by atoms with Gasteiger partial charge in [-0.3, -0.25) is 20.3 Å². The SMILES string of the molecule is O=[N+]([O-])c1cc(S(=O)(=O)Nc2cccc(Cl)c2)ccc1NN=Cc1ccccc1F. The second-order valence-electron chi connectivity index (χ2n) is 5.94. The average Bonchev–Trinajstić information content (AvgIpc) is 2.69. The van der Waals surface area contributed by atoms with Crippen LogP contribution in [-0.4, -0.2) is 19.6 Å². The van der Waals surface area contributed by atoms with Crippen LogP contribution in [0.1, 0.15) is 5.56 Å². The molecule has 2 N–H and O–H groups in total. The summed E-state index contributed by atoms with van der Waals surface area (Å²) in [6, 6.07) is 15.2. The molecule has 0 heterocycles. The summed E-state index contributed by atoms with van der Waals surface area (Å²) in [4.78, 5) is 10.3. The van der Waals surface area contributed by atoms with Gasteiger partial charge in [-0.1, -0.05) is 35.9 Å². The standard InChI is InChI=1S/C19H14ClFN4O4S/c20-14-5-3-6-15(10-14)24-30(28,29)16-8-9-18(19(11-16)25(26)27)23-22-12-13-4-1-2-7-17(13)21/h1-12,23-24H. The number of nitrogens with one attached hydrogen (secondary N) is 2. The maximum absolute atomic E-state index is 13.6. The Hall–Kier alpha value is -3.50. The molecule has 8 nitrogen and oxygen atoms in total. The van der Waals surface area contributed by atoms with Gasteiger partial charge < -0.3 is 0 Å². The molecule has 0 amide bonds. The van der Waals surface area contributed by atoms with E-state index in [0.29, 0.717) is 5.02 Å². The normalized spacial score (nSPS) is 11.4. The Labute approximate surface area is 176 Å². The van der Waals surface area contributed by atoms with Crippen molar-refractivity contribution >= 4 is 44.9 Å². The van der Waals surface area contributed by atoms with E-state index in [1.54, 1.807) is 18.2 Å². The quantitative estimate of drug-likeness (QED) is 0.310. The van der Waals surface area contributed by atoms with Crippen LogP contribution >= 0.6 is 11.6 Å². The lowest BCUT2D eigenvalue weighted by Crippen LogP contribution is -2.13. The molecule has 0 atom stereocenters. The van der Waals surface area contributed by atoms with Gasteiger partial charge in [0.2, 0.25) is 0 Å². The molecule has 11 heteroatoms. The largest absolute Gasteiger partial charge is 0.295 e. The molecular formula is C19H14ClFN4O4S. The Kier molecular flexibility index (Phi) is 6.28. The molecule has 0 saturated heterocycles. The van der Waals surface area contributed by atoms with E-state index in [4.69, 9.17) is 11.6 Å². The van der Waals surface area contributed by atoms with Crippen LogP contribution in [-0.2, 0) is 10.0 Å². The molecule has 154 valence electrons. The van der Waals surface area contributed by atoms with Crippen molar-refractivity contribution in [2.45, 2.75) is 4.90 Å². The maximum atomic E-state index is 13.6. The summed E-state index contributed by atoms with van der Waals surface area (Å²) >= 11 is 5.84. The molecule has 0 saturated carbocycles. The minimum atomic E-state index is -4.10. The highest BCUT2D eigenvalue weighted by molar-refractivity contribution is 7.92. The number of nitro groups is 1. The van der Waals surface area contributed by atoms with Crippen LogP contribution in [0.15, 0.2) is 76.7 Å². The Bertz CT molecular complexity index is 1230. The number of nitrogens with zero attached hydrogens (tertiary/aromatic N) is 2. The third-order valence-electron chi connectivity index (χ3n) is 3.85. The van der Waals surface area contributed by atoms with E-state index in [1.165, 1.54) is 42.5 Å². The summed E-state index contributed by atoms with van der Waals surface area (Å²) in [5.41, 5.74) is 2.24. The number of rotatable bonds is 7. The Morgan fingerprint density at radius 2 is 1.83 bits per heavy atom. The van der Waals surface area contributed by atoms with Gasteiger partial charge in [0.1, 0.15) is 11.5 Å². The van der Waals surface area contributed by atoms with E-state index < -0.39 is 26.5 Å². The minimum Gasteiger partial charge on any atom is -0.280 e. The topological polar surface area (TPSA) is 114 Å². The molecule has 0 aliphatic heterocycles. The van der Waals surface area contributed by atoms with Crippen LogP contribution in [0.4, 0.5) is 21.5 Å². The summed E-state index contributed by atoms with van der Waals surface area (Å²) in [5.74, 6) is -0.508. The van der Waals surface area contributed by atoms with Crippen molar-refractivity contribution in [1.82, 2.24) is 0 Å². The second-order valence-corrected chi connectivity index (χ2v) is 8.06. The first kappa shape index (κ1) is 21.2. The molecule has 3 aromatic rings. The van der Waals surface area contributed by atoms with Crippen LogP contribution in [0, 0.1) is 15.9 Å². The van der Waals surface area contributed by atoms with Crippen molar-refractivity contribution in [2.75, 3.05) is 10.1 Å². The van der Waals surface area contributed by atoms with Gasteiger partial charge >= 0.3 is 0 Å². The molecule has 0 bridgehead atoms. The molecular weight excluding hydrogens is 435 g/mol. The van der Waals surface area contributed by atoms with Crippen molar-refractivity contribution in [1.29, 1.82) is 0 Å². The third-order valence-corrected chi connectivity index (χ3v) is 5.46. The average molecular weight is 449 g/mol. The lowest BCUT2D eigenvalue weighted by Gasteiger charge is -2.09. The molecule has 0 aliphatic carbocycles. The highest BCUT2D eigenvalue weighted by Crippen LogP contribution is 2.29. The van der Waals surface area contributed by atoms with Crippen LogP contribution in [0.2, 0.25) is 5.02 Å². The van der Waals surface area contributed by atoms with Crippen LogP contribution in [0.25, 0.3) is 0 Å². The fraction of sp³-hybridized carbons (Fsp3) is 0. The zero-order chi connectivity index (χ0) is 21.7. The maximum Gasteiger partial charge on any atom is 0.295 e. The van der Waals surface area contributed by atoms with Gasteiger partial charge in [-0.05, 0) is 36.4 Å². The summed E-state index contributed by atoms with van der Waals surface area (Å²) < 4.78 is 41.0. The molecule has 30 heavy (non-hydrogen) atoms. The predicted molar refractivity (Wildman–Crippen MR) is 113 cm³/mol. The number of hydrogen-bond donors (Lipinski definition) is 2.